The number of rotatable bonds is 6. The van der Waals surface area contributed by atoms with Gasteiger partial charge in [0.15, 0.2) is 0 Å². The second-order valence-corrected chi connectivity index (χ2v) is 8.84. The minimum Gasteiger partial charge on any atom is -0.469 e. The van der Waals surface area contributed by atoms with Crippen LogP contribution in [-0.4, -0.2) is 54.7 Å². The number of esters is 1. The number of likely N-dealkylation sites (tertiary alicyclic amines) is 1. The molecule has 1 unspecified atom stereocenters. The lowest BCUT2D eigenvalue weighted by Gasteiger charge is -2.40. The van der Waals surface area contributed by atoms with Crippen LogP contribution in [0.2, 0.25) is 0 Å². The average molecular weight is 385 g/mol. The SMILES string of the molecule is CCC(NC(=O)OC(C)(C)C)C(C)(C)C(=O)N1CCC(CC(=O)OC)CC1. The van der Waals surface area contributed by atoms with Crippen molar-refractivity contribution in [3.8, 4) is 0 Å². The molecule has 0 spiro atoms. The summed E-state index contributed by atoms with van der Waals surface area (Å²) in [7, 11) is 1.39. The van der Waals surface area contributed by atoms with Crippen LogP contribution in [0.15, 0.2) is 0 Å². The van der Waals surface area contributed by atoms with Gasteiger partial charge in [-0.25, -0.2) is 4.79 Å². The minimum absolute atomic E-state index is 0.0157. The molecular weight excluding hydrogens is 348 g/mol. The monoisotopic (exact) mass is 384 g/mol. The van der Waals surface area contributed by atoms with E-state index in [0.717, 1.165) is 12.8 Å². The topological polar surface area (TPSA) is 84.9 Å². The Morgan fingerprint density at radius 2 is 1.67 bits per heavy atom. The first kappa shape index (κ1) is 23.2. The summed E-state index contributed by atoms with van der Waals surface area (Å²) in [6.07, 6.45) is 2.09. The summed E-state index contributed by atoms with van der Waals surface area (Å²) < 4.78 is 10.1. The molecule has 0 bridgehead atoms. The summed E-state index contributed by atoms with van der Waals surface area (Å²) >= 11 is 0. The smallest absolute Gasteiger partial charge is 0.407 e. The summed E-state index contributed by atoms with van der Waals surface area (Å²) in [5.74, 6) is 0.0705. The number of alkyl carbamates (subject to hydrolysis) is 1. The first-order chi connectivity index (χ1) is 12.4. The molecule has 1 saturated heterocycles. The van der Waals surface area contributed by atoms with Crippen LogP contribution in [0.3, 0.4) is 0 Å². The molecule has 1 aliphatic rings. The van der Waals surface area contributed by atoms with Gasteiger partial charge in [0.1, 0.15) is 5.60 Å². The Morgan fingerprint density at radius 3 is 2.11 bits per heavy atom. The van der Waals surface area contributed by atoms with Crippen molar-refractivity contribution < 1.29 is 23.9 Å². The lowest BCUT2D eigenvalue weighted by Crippen LogP contribution is -2.55. The van der Waals surface area contributed by atoms with E-state index in [9.17, 15) is 14.4 Å². The van der Waals surface area contributed by atoms with Crippen molar-refractivity contribution >= 4 is 18.0 Å². The van der Waals surface area contributed by atoms with Crippen LogP contribution in [0.5, 0.6) is 0 Å². The zero-order chi connectivity index (χ0) is 20.8. The van der Waals surface area contributed by atoms with Gasteiger partial charge in [-0.2, -0.15) is 0 Å². The summed E-state index contributed by atoms with van der Waals surface area (Å²) in [5, 5.41) is 2.86. The maximum absolute atomic E-state index is 13.1. The molecule has 0 aliphatic carbocycles. The van der Waals surface area contributed by atoms with Crippen LogP contribution in [0.1, 0.15) is 67.2 Å². The molecule has 1 heterocycles. The summed E-state index contributed by atoms with van der Waals surface area (Å²) in [4.78, 5) is 38.5. The van der Waals surface area contributed by atoms with Gasteiger partial charge in [-0.15, -0.1) is 0 Å². The third-order valence-corrected chi connectivity index (χ3v) is 5.11. The molecule has 1 fully saturated rings. The number of carbonyl (C=O) groups excluding carboxylic acids is 3. The van der Waals surface area contributed by atoms with Crippen molar-refractivity contribution in [2.75, 3.05) is 20.2 Å². The molecule has 7 nitrogen and oxygen atoms in total. The van der Waals surface area contributed by atoms with Crippen molar-refractivity contribution in [1.82, 2.24) is 10.2 Å². The van der Waals surface area contributed by atoms with Gasteiger partial charge in [-0.3, -0.25) is 9.59 Å². The van der Waals surface area contributed by atoms with E-state index in [0.29, 0.717) is 25.9 Å². The van der Waals surface area contributed by atoms with Crippen LogP contribution in [0.25, 0.3) is 0 Å². The summed E-state index contributed by atoms with van der Waals surface area (Å²) in [6.45, 7) is 12.3. The van der Waals surface area contributed by atoms with Crippen molar-refractivity contribution in [3.63, 3.8) is 0 Å². The van der Waals surface area contributed by atoms with Crippen LogP contribution in [0, 0.1) is 11.3 Å². The fourth-order valence-corrected chi connectivity index (χ4v) is 3.46. The van der Waals surface area contributed by atoms with Gasteiger partial charge < -0.3 is 19.7 Å². The van der Waals surface area contributed by atoms with Gasteiger partial charge in [0.2, 0.25) is 5.91 Å². The third-order valence-electron chi connectivity index (χ3n) is 5.11. The molecule has 0 radical (unpaired) electrons. The molecule has 2 amide bonds. The number of carbonyl (C=O) groups is 3. The number of ether oxygens (including phenoxy) is 2. The molecule has 0 saturated carbocycles. The normalized spacial score (nSPS) is 17.2. The number of hydrogen-bond acceptors (Lipinski definition) is 5. The fourth-order valence-electron chi connectivity index (χ4n) is 3.46. The molecule has 1 N–H and O–H groups in total. The van der Waals surface area contributed by atoms with Gasteiger partial charge in [0.25, 0.3) is 0 Å². The summed E-state index contributed by atoms with van der Waals surface area (Å²) in [5.41, 5.74) is -1.33. The van der Waals surface area contributed by atoms with Crippen LogP contribution < -0.4 is 5.32 Å². The van der Waals surface area contributed by atoms with Gasteiger partial charge in [-0.1, -0.05) is 6.92 Å². The largest absolute Gasteiger partial charge is 0.469 e. The highest BCUT2D eigenvalue weighted by Crippen LogP contribution is 2.30. The number of hydrogen-bond donors (Lipinski definition) is 1. The highest BCUT2D eigenvalue weighted by atomic mass is 16.6. The molecule has 1 atom stereocenters. The van der Waals surface area contributed by atoms with Crippen molar-refractivity contribution in [2.24, 2.45) is 11.3 Å². The van der Waals surface area contributed by atoms with E-state index in [1.54, 1.807) is 0 Å². The third kappa shape index (κ3) is 7.03. The van der Waals surface area contributed by atoms with Crippen LogP contribution >= 0.6 is 0 Å². The van der Waals surface area contributed by atoms with Crippen LogP contribution in [-0.2, 0) is 19.1 Å². The molecule has 0 aromatic rings. The Hall–Kier alpha value is -1.79. The Morgan fingerprint density at radius 1 is 1.11 bits per heavy atom. The number of methoxy groups -OCH3 is 1. The second-order valence-electron chi connectivity index (χ2n) is 8.84. The van der Waals surface area contributed by atoms with E-state index in [1.807, 2.05) is 46.4 Å². The second kappa shape index (κ2) is 9.42. The Kier molecular flexibility index (Phi) is 8.11. The first-order valence-corrected chi connectivity index (χ1v) is 9.76. The van der Waals surface area contributed by atoms with Crippen LogP contribution in [0.4, 0.5) is 4.79 Å². The van der Waals surface area contributed by atoms with Crippen molar-refractivity contribution in [2.45, 2.75) is 78.9 Å². The van der Waals surface area contributed by atoms with E-state index >= 15 is 0 Å². The molecule has 156 valence electrons. The van der Waals surface area contributed by atoms with E-state index in [4.69, 9.17) is 9.47 Å². The quantitative estimate of drug-likeness (QED) is 0.711. The Bertz CT molecular complexity index is 531. The molecule has 0 aromatic heterocycles. The predicted octanol–water partition coefficient (Wildman–Crippen LogP) is 3.12. The van der Waals surface area contributed by atoms with Gasteiger partial charge in [0.05, 0.1) is 12.5 Å². The molecule has 1 aliphatic heterocycles. The molecule has 7 heteroatoms. The molecular formula is C20H36N2O5. The average Bonchev–Trinajstić information content (AvgIpc) is 2.57. The number of nitrogens with zero attached hydrogens (tertiary/aromatic N) is 1. The highest BCUT2D eigenvalue weighted by Gasteiger charge is 2.41. The lowest BCUT2D eigenvalue weighted by atomic mass is 9.80. The van der Waals surface area contributed by atoms with E-state index in [1.165, 1.54) is 7.11 Å². The lowest BCUT2D eigenvalue weighted by molar-refractivity contribution is -0.144. The number of nitrogens with one attached hydrogen (secondary N) is 1. The number of piperidine rings is 1. The predicted molar refractivity (Wildman–Crippen MR) is 103 cm³/mol. The highest BCUT2D eigenvalue weighted by molar-refractivity contribution is 5.83. The van der Waals surface area contributed by atoms with Gasteiger partial charge in [0, 0.05) is 25.6 Å². The maximum atomic E-state index is 13.1. The van der Waals surface area contributed by atoms with E-state index in [-0.39, 0.29) is 23.8 Å². The van der Waals surface area contributed by atoms with Gasteiger partial charge >= 0.3 is 12.1 Å². The zero-order valence-corrected chi connectivity index (χ0v) is 17.9. The summed E-state index contributed by atoms with van der Waals surface area (Å²) in [6, 6.07) is -0.326. The Balaban J connectivity index is 2.68. The Labute approximate surface area is 163 Å². The molecule has 27 heavy (non-hydrogen) atoms. The van der Waals surface area contributed by atoms with E-state index < -0.39 is 17.1 Å². The molecule has 1 rings (SSSR count). The maximum Gasteiger partial charge on any atom is 0.407 e. The van der Waals surface area contributed by atoms with Crippen molar-refractivity contribution in [3.05, 3.63) is 0 Å². The standard InChI is InChI=1S/C20H36N2O5/c1-8-15(21-18(25)27-19(2,3)4)20(5,6)17(24)22-11-9-14(10-12-22)13-16(23)26-7/h14-15H,8-13H2,1-7H3,(H,21,25). The van der Waals surface area contributed by atoms with E-state index in [2.05, 4.69) is 5.32 Å². The minimum atomic E-state index is -0.749. The first-order valence-electron chi connectivity index (χ1n) is 9.76. The van der Waals surface area contributed by atoms with Gasteiger partial charge in [-0.05, 0) is 59.8 Å². The fraction of sp³-hybridized carbons (Fsp3) is 0.850. The number of amides is 2. The van der Waals surface area contributed by atoms with Crippen molar-refractivity contribution in [1.29, 1.82) is 0 Å². The zero-order valence-electron chi connectivity index (χ0n) is 17.9. The molecule has 0 aromatic carbocycles.